The van der Waals surface area contributed by atoms with E-state index in [1.807, 2.05) is 41.0 Å². The van der Waals surface area contributed by atoms with Gasteiger partial charge in [-0.1, -0.05) is 18.2 Å². The van der Waals surface area contributed by atoms with Crippen LogP contribution < -0.4 is 21.5 Å². The standard InChI is InChI=1S/C11H12FN2.BrH/c1-13-6-7-14(9-13)8-10-4-2-3-5-11(10)12;/h2-7,9H,8H2,1H3;1H/q+1;/p-1. The summed E-state index contributed by atoms with van der Waals surface area (Å²) in [6.45, 7) is 0.577. The van der Waals surface area contributed by atoms with Crippen molar-refractivity contribution < 1.29 is 25.9 Å². The largest absolute Gasteiger partial charge is 1.00 e. The van der Waals surface area contributed by atoms with E-state index in [9.17, 15) is 4.39 Å². The fraction of sp³-hybridized carbons (Fsp3) is 0.182. The highest BCUT2D eigenvalue weighted by molar-refractivity contribution is 5.17. The van der Waals surface area contributed by atoms with E-state index in [1.54, 1.807) is 12.1 Å². The smallest absolute Gasteiger partial charge is 0.243 e. The summed E-state index contributed by atoms with van der Waals surface area (Å²) < 4.78 is 17.1. The van der Waals surface area contributed by atoms with Gasteiger partial charge < -0.3 is 17.0 Å². The predicted octanol–water partition coefficient (Wildman–Crippen LogP) is -1.50. The molecule has 0 aliphatic carbocycles. The minimum atomic E-state index is -0.149. The predicted molar refractivity (Wildman–Crippen MR) is 51.1 cm³/mol. The van der Waals surface area contributed by atoms with E-state index in [0.29, 0.717) is 12.1 Å². The highest BCUT2D eigenvalue weighted by atomic mass is 79.9. The Morgan fingerprint density at radius 1 is 1.33 bits per heavy atom. The van der Waals surface area contributed by atoms with Crippen molar-refractivity contribution in [1.29, 1.82) is 0 Å². The molecule has 0 saturated heterocycles. The molecule has 0 aliphatic heterocycles. The van der Waals surface area contributed by atoms with Gasteiger partial charge in [-0.15, -0.1) is 0 Å². The number of benzene rings is 1. The number of aromatic nitrogens is 2. The Kier molecular flexibility index (Phi) is 4.03. The Morgan fingerprint density at radius 3 is 2.67 bits per heavy atom. The molecule has 0 radical (unpaired) electrons. The average molecular weight is 271 g/mol. The summed E-state index contributed by atoms with van der Waals surface area (Å²) in [6, 6.07) is 6.84. The monoisotopic (exact) mass is 270 g/mol. The van der Waals surface area contributed by atoms with Gasteiger partial charge in [0.25, 0.3) is 0 Å². The summed E-state index contributed by atoms with van der Waals surface area (Å²) in [5, 5.41) is 0. The van der Waals surface area contributed by atoms with Gasteiger partial charge in [0.2, 0.25) is 6.33 Å². The first-order chi connectivity index (χ1) is 6.75. The van der Waals surface area contributed by atoms with E-state index in [2.05, 4.69) is 0 Å². The van der Waals surface area contributed by atoms with E-state index < -0.39 is 0 Å². The van der Waals surface area contributed by atoms with Gasteiger partial charge in [0, 0.05) is 5.56 Å². The van der Waals surface area contributed by atoms with Gasteiger partial charge in [0.15, 0.2) is 0 Å². The van der Waals surface area contributed by atoms with E-state index in [0.717, 1.165) is 0 Å². The van der Waals surface area contributed by atoms with Crippen LogP contribution in [-0.4, -0.2) is 4.57 Å². The molecule has 1 aromatic heterocycles. The average Bonchev–Trinajstić information content (AvgIpc) is 2.56. The van der Waals surface area contributed by atoms with Crippen molar-refractivity contribution in [2.75, 3.05) is 0 Å². The lowest BCUT2D eigenvalue weighted by Crippen LogP contribution is -3.00. The number of imidazole rings is 1. The minimum absolute atomic E-state index is 0. The lowest BCUT2D eigenvalue weighted by Gasteiger charge is -1.98. The lowest BCUT2D eigenvalue weighted by molar-refractivity contribution is -0.671. The number of rotatable bonds is 2. The summed E-state index contributed by atoms with van der Waals surface area (Å²) in [5.41, 5.74) is 0.712. The molecule has 0 amide bonds. The molecular weight excluding hydrogens is 259 g/mol. The topological polar surface area (TPSA) is 8.81 Å². The molecule has 1 heterocycles. The molecule has 0 aliphatic rings. The summed E-state index contributed by atoms with van der Waals surface area (Å²) in [4.78, 5) is 0. The molecule has 2 nitrogen and oxygen atoms in total. The Labute approximate surface area is 98.7 Å². The Hall–Kier alpha value is -1.16. The molecule has 0 N–H and O–H groups in total. The molecular formula is C11H12BrFN2. The van der Waals surface area contributed by atoms with Gasteiger partial charge in [-0.2, -0.15) is 0 Å². The van der Waals surface area contributed by atoms with Gasteiger partial charge in [0.05, 0.1) is 7.05 Å². The van der Waals surface area contributed by atoms with Crippen molar-refractivity contribution in [2.45, 2.75) is 6.54 Å². The fourth-order valence-corrected chi connectivity index (χ4v) is 1.42. The summed E-state index contributed by atoms with van der Waals surface area (Å²) >= 11 is 0. The van der Waals surface area contributed by atoms with Crippen LogP contribution >= 0.6 is 0 Å². The molecule has 0 saturated carbocycles. The maximum absolute atomic E-state index is 13.3. The zero-order chi connectivity index (χ0) is 9.97. The summed E-state index contributed by atoms with van der Waals surface area (Å²) in [5.74, 6) is -0.149. The Bertz CT molecular complexity index is 440. The first-order valence-corrected chi connectivity index (χ1v) is 4.50. The van der Waals surface area contributed by atoms with Gasteiger partial charge in [-0.05, 0) is 6.07 Å². The Morgan fingerprint density at radius 2 is 2.07 bits per heavy atom. The van der Waals surface area contributed by atoms with Crippen molar-refractivity contribution in [2.24, 2.45) is 7.05 Å². The molecule has 4 heteroatoms. The number of hydrogen-bond donors (Lipinski definition) is 0. The van der Waals surface area contributed by atoms with Crippen LogP contribution in [0.15, 0.2) is 43.0 Å². The minimum Gasteiger partial charge on any atom is -1.00 e. The van der Waals surface area contributed by atoms with Crippen LogP contribution in [0.2, 0.25) is 0 Å². The van der Waals surface area contributed by atoms with Crippen LogP contribution in [0.3, 0.4) is 0 Å². The molecule has 2 rings (SSSR count). The van der Waals surface area contributed by atoms with Crippen molar-refractivity contribution in [3.63, 3.8) is 0 Å². The van der Waals surface area contributed by atoms with Crippen molar-refractivity contribution in [1.82, 2.24) is 4.57 Å². The lowest BCUT2D eigenvalue weighted by atomic mass is 10.2. The van der Waals surface area contributed by atoms with Crippen LogP contribution in [0.4, 0.5) is 4.39 Å². The zero-order valence-corrected chi connectivity index (χ0v) is 9.98. The molecule has 2 aromatic rings. The van der Waals surface area contributed by atoms with E-state index in [-0.39, 0.29) is 22.8 Å². The fourth-order valence-electron chi connectivity index (χ4n) is 1.42. The number of hydrogen-bond acceptors (Lipinski definition) is 0. The molecule has 0 atom stereocenters. The molecule has 0 fully saturated rings. The van der Waals surface area contributed by atoms with Crippen LogP contribution in [0.25, 0.3) is 0 Å². The SMILES string of the molecule is C[n+]1ccn(Cc2ccccc2F)c1.[Br-]. The highest BCUT2D eigenvalue weighted by Gasteiger charge is 2.05. The van der Waals surface area contributed by atoms with E-state index in [1.165, 1.54) is 6.07 Å². The maximum atomic E-state index is 13.3. The highest BCUT2D eigenvalue weighted by Crippen LogP contribution is 2.07. The van der Waals surface area contributed by atoms with Crippen LogP contribution in [0.1, 0.15) is 5.56 Å². The molecule has 80 valence electrons. The van der Waals surface area contributed by atoms with Crippen LogP contribution in [0, 0.1) is 5.82 Å². The number of aryl methyl sites for hydroxylation is 1. The first kappa shape index (κ1) is 11.9. The number of nitrogens with zero attached hydrogens (tertiary/aromatic N) is 2. The van der Waals surface area contributed by atoms with Crippen molar-refractivity contribution in [3.8, 4) is 0 Å². The van der Waals surface area contributed by atoms with Gasteiger partial charge in [-0.25, -0.2) is 13.5 Å². The normalized spacial score (nSPS) is 9.73. The molecule has 0 spiro atoms. The molecule has 15 heavy (non-hydrogen) atoms. The van der Waals surface area contributed by atoms with Crippen LogP contribution in [0.5, 0.6) is 0 Å². The van der Waals surface area contributed by atoms with Gasteiger partial charge >= 0.3 is 0 Å². The Balaban J connectivity index is 0.00000112. The van der Waals surface area contributed by atoms with Crippen molar-refractivity contribution in [3.05, 3.63) is 54.4 Å². The second-order valence-electron chi connectivity index (χ2n) is 3.34. The van der Waals surface area contributed by atoms with E-state index in [4.69, 9.17) is 0 Å². The summed E-state index contributed by atoms with van der Waals surface area (Å²) in [6.07, 6.45) is 5.78. The summed E-state index contributed by atoms with van der Waals surface area (Å²) in [7, 11) is 1.94. The van der Waals surface area contributed by atoms with Crippen LogP contribution in [-0.2, 0) is 13.6 Å². The quantitative estimate of drug-likeness (QED) is 0.588. The molecule has 1 aromatic carbocycles. The third-order valence-corrected chi connectivity index (χ3v) is 2.13. The number of halogens is 2. The van der Waals surface area contributed by atoms with Gasteiger partial charge in [0.1, 0.15) is 24.8 Å². The maximum Gasteiger partial charge on any atom is 0.243 e. The van der Waals surface area contributed by atoms with Gasteiger partial charge in [-0.3, -0.25) is 0 Å². The third-order valence-electron chi connectivity index (χ3n) is 2.13. The first-order valence-electron chi connectivity index (χ1n) is 4.50. The molecule has 0 bridgehead atoms. The third kappa shape index (κ3) is 2.89. The molecule has 0 unspecified atom stereocenters. The van der Waals surface area contributed by atoms with E-state index >= 15 is 0 Å². The van der Waals surface area contributed by atoms with Crippen molar-refractivity contribution >= 4 is 0 Å². The second-order valence-corrected chi connectivity index (χ2v) is 3.34. The second kappa shape index (κ2) is 5.07. The zero-order valence-electron chi connectivity index (χ0n) is 8.40.